The number of hydrogen-bond donors (Lipinski definition) is 1. The third-order valence-corrected chi connectivity index (χ3v) is 7.20. The fourth-order valence-electron chi connectivity index (χ4n) is 5.27. The third kappa shape index (κ3) is 5.40. The van der Waals surface area contributed by atoms with Crippen LogP contribution in [0.2, 0.25) is 0 Å². The third-order valence-electron chi connectivity index (χ3n) is 7.20. The number of aliphatic hydroxyl groups is 1. The van der Waals surface area contributed by atoms with Gasteiger partial charge in [0.2, 0.25) is 0 Å². The molecule has 0 aliphatic carbocycles. The monoisotopic (exact) mass is 543 g/mol. The van der Waals surface area contributed by atoms with Gasteiger partial charge in [0, 0.05) is 32.2 Å². The average molecular weight is 544 g/mol. The molecule has 3 aromatic carbocycles. The standard InChI is InChI=1S/C32H33NO7/c1-20-16-24-17-23(11-12-25(24)40-20)30(34)28-29(33(14-7-15-37-2)32(36)31(28)35)22-10-13-26(27(18-22)38-3)39-19-21-8-5-4-6-9-21/h4-6,8-13,17-18,20,29,34H,7,14-16,19H2,1-3H3/b30-28-. The van der Waals surface area contributed by atoms with Crippen LogP contribution in [0.1, 0.15) is 41.6 Å². The Labute approximate surface area is 233 Å². The summed E-state index contributed by atoms with van der Waals surface area (Å²) in [7, 11) is 3.13. The van der Waals surface area contributed by atoms with Crippen LogP contribution >= 0.6 is 0 Å². The lowest BCUT2D eigenvalue weighted by Gasteiger charge is -2.26. The van der Waals surface area contributed by atoms with Crippen LogP contribution in [-0.4, -0.2) is 55.2 Å². The molecule has 3 aromatic rings. The molecule has 2 heterocycles. The Morgan fingerprint density at radius 2 is 1.82 bits per heavy atom. The lowest BCUT2D eigenvalue weighted by atomic mass is 9.94. The molecule has 2 aliphatic rings. The summed E-state index contributed by atoms with van der Waals surface area (Å²) in [6, 6.07) is 19.6. The maximum Gasteiger partial charge on any atom is 0.295 e. The van der Waals surface area contributed by atoms with E-state index in [0.717, 1.165) is 16.9 Å². The second kappa shape index (κ2) is 11.8. The van der Waals surface area contributed by atoms with Crippen LogP contribution in [0.15, 0.2) is 72.3 Å². The predicted octanol–water partition coefficient (Wildman–Crippen LogP) is 5.06. The van der Waals surface area contributed by atoms with Gasteiger partial charge in [-0.25, -0.2) is 0 Å². The van der Waals surface area contributed by atoms with Gasteiger partial charge in [-0.15, -0.1) is 0 Å². The Bertz CT molecular complexity index is 1430. The van der Waals surface area contributed by atoms with Crippen molar-refractivity contribution in [2.75, 3.05) is 27.4 Å². The van der Waals surface area contributed by atoms with Crippen LogP contribution in [-0.2, 0) is 27.4 Å². The molecule has 2 aliphatic heterocycles. The van der Waals surface area contributed by atoms with E-state index < -0.39 is 17.7 Å². The summed E-state index contributed by atoms with van der Waals surface area (Å²) in [5.41, 5.74) is 3.08. The van der Waals surface area contributed by atoms with Crippen molar-refractivity contribution in [1.29, 1.82) is 0 Å². The molecule has 1 amide bonds. The smallest absolute Gasteiger partial charge is 0.295 e. The Hall–Kier alpha value is -4.30. The van der Waals surface area contributed by atoms with Gasteiger partial charge in [-0.2, -0.15) is 0 Å². The molecule has 0 radical (unpaired) electrons. The normalized spacial score (nSPS) is 19.4. The molecule has 2 unspecified atom stereocenters. The lowest BCUT2D eigenvalue weighted by Crippen LogP contribution is -2.31. The van der Waals surface area contributed by atoms with E-state index in [-0.39, 0.29) is 24.0 Å². The molecule has 0 bridgehead atoms. The quantitative estimate of drug-likeness (QED) is 0.165. The van der Waals surface area contributed by atoms with Gasteiger partial charge in [-0.1, -0.05) is 36.4 Å². The van der Waals surface area contributed by atoms with Crippen molar-refractivity contribution in [2.24, 2.45) is 0 Å². The van der Waals surface area contributed by atoms with Crippen molar-refractivity contribution in [3.63, 3.8) is 0 Å². The molecule has 1 saturated heterocycles. The Balaban J connectivity index is 1.53. The summed E-state index contributed by atoms with van der Waals surface area (Å²) in [4.78, 5) is 28.1. The van der Waals surface area contributed by atoms with Gasteiger partial charge >= 0.3 is 0 Å². The van der Waals surface area contributed by atoms with E-state index in [4.69, 9.17) is 18.9 Å². The highest BCUT2D eigenvalue weighted by Gasteiger charge is 2.46. The molecule has 5 rings (SSSR count). The lowest BCUT2D eigenvalue weighted by molar-refractivity contribution is -0.140. The first kappa shape index (κ1) is 27.3. The number of carbonyl (C=O) groups excluding carboxylic acids is 2. The summed E-state index contributed by atoms with van der Waals surface area (Å²) < 4.78 is 22.6. The van der Waals surface area contributed by atoms with E-state index in [2.05, 4.69) is 0 Å². The van der Waals surface area contributed by atoms with Gasteiger partial charge in [0.05, 0.1) is 18.7 Å². The Morgan fingerprint density at radius 1 is 1.02 bits per heavy atom. The van der Waals surface area contributed by atoms with Crippen molar-refractivity contribution in [3.8, 4) is 17.2 Å². The molecule has 0 spiro atoms. The first-order valence-electron chi connectivity index (χ1n) is 13.3. The first-order chi connectivity index (χ1) is 19.4. The summed E-state index contributed by atoms with van der Waals surface area (Å²) in [6.07, 6.45) is 1.27. The number of hydrogen-bond acceptors (Lipinski definition) is 7. The maximum absolute atomic E-state index is 13.4. The Morgan fingerprint density at radius 3 is 2.58 bits per heavy atom. The van der Waals surface area contributed by atoms with Crippen LogP contribution in [0.25, 0.3) is 5.76 Å². The number of rotatable bonds is 10. The molecule has 208 valence electrons. The van der Waals surface area contributed by atoms with E-state index in [1.54, 1.807) is 37.4 Å². The van der Waals surface area contributed by atoms with Crippen LogP contribution < -0.4 is 14.2 Å². The molecule has 2 atom stereocenters. The molecule has 8 nitrogen and oxygen atoms in total. The summed E-state index contributed by atoms with van der Waals surface area (Å²) in [6.45, 7) is 3.04. The fourth-order valence-corrected chi connectivity index (χ4v) is 5.27. The number of carbonyl (C=O) groups is 2. The van der Waals surface area contributed by atoms with Gasteiger partial charge in [0.15, 0.2) is 11.5 Å². The topological polar surface area (TPSA) is 94.5 Å². The van der Waals surface area contributed by atoms with Crippen LogP contribution in [0.3, 0.4) is 0 Å². The number of amides is 1. The van der Waals surface area contributed by atoms with Crippen molar-refractivity contribution in [1.82, 2.24) is 4.90 Å². The van der Waals surface area contributed by atoms with Crippen LogP contribution in [0, 0.1) is 0 Å². The first-order valence-corrected chi connectivity index (χ1v) is 13.3. The van der Waals surface area contributed by atoms with Crippen molar-refractivity contribution in [2.45, 2.75) is 38.5 Å². The number of likely N-dealkylation sites (tertiary alicyclic amines) is 1. The number of ether oxygens (including phenoxy) is 4. The highest BCUT2D eigenvalue weighted by Crippen LogP contribution is 2.43. The van der Waals surface area contributed by atoms with E-state index >= 15 is 0 Å². The van der Waals surface area contributed by atoms with Crippen LogP contribution in [0.4, 0.5) is 0 Å². The SMILES string of the molecule is COCCCN1C(=O)C(=O)/C(=C(\O)c2ccc3c(c2)CC(C)O3)C1c1ccc(OCc2ccccc2)c(OC)c1. The highest BCUT2D eigenvalue weighted by atomic mass is 16.5. The van der Waals surface area contributed by atoms with Crippen molar-refractivity contribution < 1.29 is 33.6 Å². The number of aliphatic hydroxyl groups excluding tert-OH is 1. The van der Waals surface area contributed by atoms with E-state index in [1.807, 2.05) is 43.3 Å². The Kier molecular flexibility index (Phi) is 8.07. The van der Waals surface area contributed by atoms with E-state index in [9.17, 15) is 14.7 Å². The molecule has 1 N–H and O–H groups in total. The number of ketones is 1. The summed E-state index contributed by atoms with van der Waals surface area (Å²) >= 11 is 0. The van der Waals surface area contributed by atoms with Gasteiger partial charge in [0.1, 0.15) is 24.2 Å². The average Bonchev–Trinajstić information content (AvgIpc) is 3.47. The molecule has 0 saturated carbocycles. The molecule has 0 aromatic heterocycles. The maximum atomic E-state index is 13.4. The van der Waals surface area contributed by atoms with Gasteiger partial charge in [-0.05, 0) is 60.4 Å². The zero-order chi connectivity index (χ0) is 28.2. The molecule has 1 fully saturated rings. The molecule has 8 heteroatoms. The highest BCUT2D eigenvalue weighted by molar-refractivity contribution is 6.46. The second-order valence-electron chi connectivity index (χ2n) is 9.98. The van der Waals surface area contributed by atoms with Crippen molar-refractivity contribution >= 4 is 17.4 Å². The number of methoxy groups -OCH3 is 2. The molecular weight excluding hydrogens is 510 g/mol. The minimum absolute atomic E-state index is 0.0360. The molecule has 40 heavy (non-hydrogen) atoms. The van der Waals surface area contributed by atoms with E-state index in [1.165, 1.54) is 12.0 Å². The van der Waals surface area contributed by atoms with Crippen molar-refractivity contribution in [3.05, 3.63) is 94.6 Å². The second-order valence-corrected chi connectivity index (χ2v) is 9.98. The minimum Gasteiger partial charge on any atom is -0.507 e. The summed E-state index contributed by atoms with van der Waals surface area (Å²) in [5, 5.41) is 11.5. The fraction of sp³-hybridized carbons (Fsp3) is 0.312. The van der Waals surface area contributed by atoms with Gasteiger partial charge in [-0.3, -0.25) is 9.59 Å². The summed E-state index contributed by atoms with van der Waals surface area (Å²) in [5.74, 6) is 0.135. The van der Waals surface area contributed by atoms with E-state index in [0.29, 0.717) is 48.7 Å². The number of fused-ring (bicyclic) bond motifs is 1. The minimum atomic E-state index is -0.808. The predicted molar refractivity (Wildman–Crippen MR) is 150 cm³/mol. The number of Topliss-reactive ketones (excluding diaryl/α,β-unsaturated/α-hetero) is 1. The zero-order valence-corrected chi connectivity index (χ0v) is 22.9. The zero-order valence-electron chi connectivity index (χ0n) is 22.9. The van der Waals surface area contributed by atoms with Gasteiger partial charge < -0.3 is 29.0 Å². The molecular formula is C32H33NO7. The van der Waals surface area contributed by atoms with Crippen LogP contribution in [0.5, 0.6) is 17.2 Å². The number of benzene rings is 3. The largest absolute Gasteiger partial charge is 0.507 e. The van der Waals surface area contributed by atoms with Gasteiger partial charge in [0.25, 0.3) is 11.7 Å². The number of nitrogens with zero attached hydrogens (tertiary/aromatic N) is 1.